The Morgan fingerprint density at radius 1 is 1.27 bits per heavy atom. The van der Waals surface area contributed by atoms with Gasteiger partial charge in [0.2, 0.25) is 0 Å². The third kappa shape index (κ3) is 4.51. The first-order valence-corrected chi connectivity index (χ1v) is 8.58. The number of pyridine rings is 1. The molecule has 0 aliphatic carbocycles. The highest BCUT2D eigenvalue weighted by atomic mass is 32.1. The minimum atomic E-state index is -4.40. The number of hydrogen-bond acceptors (Lipinski definition) is 4. The lowest BCUT2D eigenvalue weighted by Gasteiger charge is -2.14. The molecule has 0 unspecified atom stereocenters. The van der Waals surface area contributed by atoms with Crippen LogP contribution in [0.2, 0.25) is 0 Å². The Balaban J connectivity index is 1.63. The topological polar surface area (TPSA) is 51.2 Å². The lowest BCUT2D eigenvalue weighted by atomic mass is 10.2. The number of alkyl halides is 3. The van der Waals surface area contributed by atoms with E-state index < -0.39 is 18.8 Å². The Kier molecular flexibility index (Phi) is 5.13. The van der Waals surface area contributed by atoms with Crippen molar-refractivity contribution in [3.63, 3.8) is 0 Å². The average molecular weight is 380 g/mol. The molecule has 8 heteroatoms. The predicted molar refractivity (Wildman–Crippen MR) is 93.5 cm³/mol. The molecule has 0 bridgehead atoms. The Labute approximate surface area is 151 Å². The lowest BCUT2D eigenvalue weighted by molar-refractivity contribution is -0.153. The second-order valence-electron chi connectivity index (χ2n) is 5.67. The van der Waals surface area contributed by atoms with Crippen LogP contribution in [0.5, 0.6) is 5.75 Å². The van der Waals surface area contributed by atoms with Gasteiger partial charge in [-0.1, -0.05) is 18.2 Å². The van der Waals surface area contributed by atoms with Crippen LogP contribution in [-0.4, -0.2) is 23.7 Å². The van der Waals surface area contributed by atoms with Crippen molar-refractivity contribution in [2.24, 2.45) is 0 Å². The third-order valence-corrected chi connectivity index (χ3v) is 4.72. The van der Waals surface area contributed by atoms with Crippen molar-refractivity contribution in [3.8, 4) is 5.75 Å². The summed E-state index contributed by atoms with van der Waals surface area (Å²) < 4.78 is 42.1. The maximum absolute atomic E-state index is 12.4. The Morgan fingerprint density at radius 2 is 2.04 bits per heavy atom. The van der Waals surface area contributed by atoms with E-state index in [-0.39, 0.29) is 11.7 Å². The van der Waals surface area contributed by atoms with Gasteiger partial charge < -0.3 is 10.1 Å². The van der Waals surface area contributed by atoms with E-state index in [1.165, 1.54) is 29.7 Å². The summed E-state index contributed by atoms with van der Waals surface area (Å²) in [7, 11) is 0. The van der Waals surface area contributed by atoms with Crippen molar-refractivity contribution in [3.05, 3.63) is 59.2 Å². The van der Waals surface area contributed by atoms with E-state index in [0.29, 0.717) is 10.6 Å². The fourth-order valence-corrected chi connectivity index (χ4v) is 3.30. The highest BCUT2D eigenvalue weighted by Crippen LogP contribution is 2.26. The van der Waals surface area contributed by atoms with Gasteiger partial charge in [-0.05, 0) is 36.6 Å². The number of nitrogens with zero attached hydrogens (tertiary/aromatic N) is 1. The zero-order valence-electron chi connectivity index (χ0n) is 13.7. The van der Waals surface area contributed by atoms with Gasteiger partial charge in [0.25, 0.3) is 5.91 Å². The number of aromatic nitrogens is 1. The molecule has 3 rings (SSSR count). The number of thiophene rings is 1. The fourth-order valence-electron chi connectivity index (χ4n) is 2.33. The molecule has 3 aromatic rings. The largest absolute Gasteiger partial charge is 0.483 e. The lowest BCUT2D eigenvalue weighted by Crippen LogP contribution is -2.26. The van der Waals surface area contributed by atoms with Crippen LogP contribution in [0.4, 0.5) is 13.2 Å². The van der Waals surface area contributed by atoms with Gasteiger partial charge >= 0.3 is 6.18 Å². The van der Waals surface area contributed by atoms with E-state index in [0.717, 1.165) is 10.1 Å². The predicted octanol–water partition coefficient (Wildman–Crippen LogP) is 4.73. The summed E-state index contributed by atoms with van der Waals surface area (Å²) in [5, 5.41) is 3.84. The molecule has 4 nitrogen and oxygen atoms in total. The van der Waals surface area contributed by atoms with Crippen molar-refractivity contribution in [2.75, 3.05) is 6.61 Å². The number of nitrogens with one attached hydrogen (secondary N) is 1. The number of hydrogen-bond donors (Lipinski definition) is 1. The number of halogens is 3. The molecular weight excluding hydrogens is 365 g/mol. The van der Waals surface area contributed by atoms with E-state index in [1.807, 2.05) is 30.3 Å². The normalized spacial score (nSPS) is 12.8. The molecule has 136 valence electrons. The molecule has 1 atom stereocenters. The summed E-state index contributed by atoms with van der Waals surface area (Å²) >= 11 is 1.39. The summed E-state index contributed by atoms with van der Waals surface area (Å²) in [4.78, 5) is 17.1. The molecule has 0 fully saturated rings. The summed E-state index contributed by atoms with van der Waals surface area (Å²) in [5.41, 5.74) is 0.527. The zero-order valence-corrected chi connectivity index (χ0v) is 14.5. The number of carbonyl (C=O) groups excluding carboxylic acids is 1. The Morgan fingerprint density at radius 3 is 2.69 bits per heavy atom. The van der Waals surface area contributed by atoms with E-state index in [9.17, 15) is 18.0 Å². The molecule has 26 heavy (non-hydrogen) atoms. The fraction of sp³-hybridized carbons (Fsp3) is 0.222. The van der Waals surface area contributed by atoms with Crippen LogP contribution < -0.4 is 10.1 Å². The quantitative estimate of drug-likeness (QED) is 0.696. The minimum Gasteiger partial charge on any atom is -0.483 e. The molecule has 2 heterocycles. The molecule has 1 amide bonds. The molecule has 0 radical (unpaired) electrons. The van der Waals surface area contributed by atoms with Crippen LogP contribution in [0, 0.1) is 0 Å². The van der Waals surface area contributed by atoms with Crippen LogP contribution in [0.25, 0.3) is 10.1 Å². The van der Waals surface area contributed by atoms with Crippen molar-refractivity contribution < 1.29 is 22.7 Å². The van der Waals surface area contributed by atoms with E-state index in [4.69, 9.17) is 0 Å². The first kappa shape index (κ1) is 18.2. The highest BCUT2D eigenvalue weighted by Gasteiger charge is 2.28. The molecular formula is C18H15F3N2O2S. The van der Waals surface area contributed by atoms with Crippen molar-refractivity contribution in [1.82, 2.24) is 10.3 Å². The molecule has 0 saturated carbocycles. The van der Waals surface area contributed by atoms with E-state index in [1.54, 1.807) is 6.92 Å². The molecule has 0 spiro atoms. The number of amides is 1. The first-order valence-electron chi connectivity index (χ1n) is 7.77. The van der Waals surface area contributed by atoms with Gasteiger partial charge in [0, 0.05) is 4.70 Å². The van der Waals surface area contributed by atoms with Crippen LogP contribution in [0.15, 0.2) is 48.7 Å². The van der Waals surface area contributed by atoms with Gasteiger partial charge in [0.15, 0.2) is 6.61 Å². The zero-order chi connectivity index (χ0) is 18.7. The summed E-state index contributed by atoms with van der Waals surface area (Å²) in [6.07, 6.45) is -3.19. The SMILES string of the molecule is C[C@@H](NC(=O)c1cc2ccccc2s1)c1ccc(OCC(F)(F)F)cn1. The van der Waals surface area contributed by atoms with E-state index >= 15 is 0 Å². The Bertz CT molecular complexity index is 874. The van der Waals surface area contributed by atoms with Crippen LogP contribution in [0.1, 0.15) is 28.3 Å². The second kappa shape index (κ2) is 7.33. The molecule has 2 aromatic heterocycles. The van der Waals surface area contributed by atoms with Gasteiger partial charge in [-0.3, -0.25) is 9.78 Å². The van der Waals surface area contributed by atoms with Crippen molar-refractivity contribution in [2.45, 2.75) is 19.1 Å². The Hall–Kier alpha value is -2.61. The summed E-state index contributed by atoms with van der Waals surface area (Å²) in [6, 6.07) is 12.1. The molecule has 1 aromatic carbocycles. The maximum atomic E-state index is 12.4. The standard InChI is InChI=1S/C18H15F3N2O2S/c1-11(14-7-6-13(9-22-14)25-10-18(19,20)21)23-17(24)16-8-12-4-2-3-5-15(12)26-16/h2-9,11H,10H2,1H3,(H,23,24)/t11-/m1/s1. The summed E-state index contributed by atoms with van der Waals surface area (Å²) in [5.74, 6) is -0.202. The number of fused-ring (bicyclic) bond motifs is 1. The van der Waals surface area contributed by atoms with Crippen molar-refractivity contribution >= 4 is 27.3 Å². The van der Waals surface area contributed by atoms with Gasteiger partial charge in [-0.25, -0.2) is 0 Å². The average Bonchev–Trinajstić information content (AvgIpc) is 3.04. The second-order valence-corrected chi connectivity index (χ2v) is 6.75. The smallest absolute Gasteiger partial charge is 0.422 e. The number of carbonyl (C=O) groups is 1. The third-order valence-electron chi connectivity index (χ3n) is 3.60. The monoisotopic (exact) mass is 380 g/mol. The van der Waals surface area contributed by atoms with Gasteiger partial charge in [0.05, 0.1) is 22.8 Å². The molecule has 0 aliphatic rings. The van der Waals surface area contributed by atoms with Gasteiger partial charge in [-0.15, -0.1) is 11.3 Å². The highest BCUT2D eigenvalue weighted by molar-refractivity contribution is 7.20. The van der Waals surface area contributed by atoms with Gasteiger partial charge in [0.1, 0.15) is 5.75 Å². The maximum Gasteiger partial charge on any atom is 0.422 e. The van der Waals surface area contributed by atoms with Crippen molar-refractivity contribution in [1.29, 1.82) is 0 Å². The molecule has 0 saturated heterocycles. The molecule has 1 N–H and O–H groups in total. The first-order chi connectivity index (χ1) is 12.3. The number of benzene rings is 1. The van der Waals surface area contributed by atoms with Crippen LogP contribution >= 0.6 is 11.3 Å². The number of rotatable bonds is 5. The summed E-state index contributed by atoms with van der Waals surface area (Å²) in [6.45, 7) is 0.385. The molecule has 0 aliphatic heterocycles. The van der Waals surface area contributed by atoms with Crippen LogP contribution in [0.3, 0.4) is 0 Å². The van der Waals surface area contributed by atoms with Gasteiger partial charge in [-0.2, -0.15) is 13.2 Å². The van der Waals surface area contributed by atoms with E-state index in [2.05, 4.69) is 15.0 Å². The minimum absolute atomic E-state index is 0.0223. The number of ether oxygens (including phenoxy) is 1. The van der Waals surface area contributed by atoms with Crippen LogP contribution in [-0.2, 0) is 0 Å².